The molecule has 0 aliphatic carbocycles. The molecule has 6 nitrogen and oxygen atoms in total. The second kappa shape index (κ2) is 10.1. The highest BCUT2D eigenvalue weighted by Crippen LogP contribution is 2.18. The summed E-state index contributed by atoms with van der Waals surface area (Å²) >= 11 is 0. The van der Waals surface area contributed by atoms with Crippen LogP contribution >= 0.6 is 0 Å². The fourth-order valence-corrected chi connectivity index (χ4v) is 4.41. The summed E-state index contributed by atoms with van der Waals surface area (Å²) in [5.74, 6) is -0.781. The first-order valence-corrected chi connectivity index (χ1v) is 11.8. The second-order valence-electron chi connectivity index (χ2n) is 8.08. The van der Waals surface area contributed by atoms with E-state index in [9.17, 15) is 18.0 Å². The van der Waals surface area contributed by atoms with Crippen molar-refractivity contribution in [2.75, 3.05) is 12.4 Å². The number of hydrogen-bond acceptors (Lipinski definition) is 5. The zero-order valence-electron chi connectivity index (χ0n) is 18.4. The first-order valence-electron chi connectivity index (χ1n) is 10.2. The van der Waals surface area contributed by atoms with Crippen molar-refractivity contribution in [1.29, 1.82) is 0 Å². The van der Waals surface area contributed by atoms with Crippen molar-refractivity contribution in [2.45, 2.75) is 58.9 Å². The number of carbonyl (C=O) groups excluding carboxylic acids is 2. The molecule has 0 amide bonds. The number of Topliss-reactive ketones (excluding diaryl/α,β-unsaturated/α-hetero) is 1. The second-order valence-corrected chi connectivity index (χ2v) is 10.2. The summed E-state index contributed by atoms with van der Waals surface area (Å²) in [4.78, 5) is 24.7. The van der Waals surface area contributed by atoms with Crippen LogP contribution in [0.1, 0.15) is 54.0 Å². The van der Waals surface area contributed by atoms with Crippen molar-refractivity contribution in [2.24, 2.45) is 5.92 Å². The van der Waals surface area contributed by atoms with Gasteiger partial charge in [0.1, 0.15) is 0 Å². The molecule has 1 aromatic heterocycles. The third-order valence-corrected chi connectivity index (χ3v) is 6.86. The molecule has 0 saturated carbocycles. The number of aromatic nitrogens is 1. The van der Waals surface area contributed by atoms with E-state index in [-0.39, 0.29) is 22.9 Å². The van der Waals surface area contributed by atoms with Gasteiger partial charge in [-0.05, 0) is 51.3 Å². The van der Waals surface area contributed by atoms with E-state index in [2.05, 4.69) is 18.4 Å². The summed E-state index contributed by atoms with van der Waals surface area (Å²) in [5, 5.41) is 0. The van der Waals surface area contributed by atoms with E-state index in [0.717, 1.165) is 29.9 Å². The standard InChI is InChI=1S/C23H31NO5S/c1-16(2)10-12-24-18(4)14-21(19(24)5)22(25)15-29-23(26)11-13-30(27,28)20-8-6-17(3)7-9-20/h6-9,14,16H,10-13,15H2,1-5H3. The Morgan fingerprint density at radius 1 is 1.07 bits per heavy atom. The Balaban J connectivity index is 1.91. The number of benzene rings is 1. The third kappa shape index (κ3) is 6.29. The fourth-order valence-electron chi connectivity index (χ4n) is 3.19. The predicted molar refractivity (Wildman–Crippen MR) is 116 cm³/mol. The molecule has 0 aliphatic rings. The number of sulfone groups is 1. The number of aryl methyl sites for hydroxylation is 2. The number of rotatable bonds is 10. The van der Waals surface area contributed by atoms with Crippen LogP contribution in [0.2, 0.25) is 0 Å². The van der Waals surface area contributed by atoms with Crippen LogP contribution in [0.15, 0.2) is 35.2 Å². The zero-order chi connectivity index (χ0) is 22.5. The molecule has 0 bridgehead atoms. The van der Waals surface area contributed by atoms with Gasteiger partial charge < -0.3 is 9.30 Å². The number of ketones is 1. The summed E-state index contributed by atoms with van der Waals surface area (Å²) in [6, 6.07) is 8.28. The Labute approximate surface area is 179 Å². The molecule has 0 fully saturated rings. The van der Waals surface area contributed by atoms with Gasteiger partial charge in [-0.1, -0.05) is 31.5 Å². The van der Waals surface area contributed by atoms with Gasteiger partial charge in [0, 0.05) is 23.5 Å². The normalized spacial score (nSPS) is 11.7. The van der Waals surface area contributed by atoms with Gasteiger partial charge in [0.25, 0.3) is 0 Å². The van der Waals surface area contributed by atoms with Gasteiger partial charge in [-0.25, -0.2) is 8.42 Å². The van der Waals surface area contributed by atoms with Crippen molar-refractivity contribution < 1.29 is 22.7 Å². The van der Waals surface area contributed by atoms with Gasteiger partial charge in [-0.15, -0.1) is 0 Å². The van der Waals surface area contributed by atoms with Gasteiger partial charge in [0.05, 0.1) is 17.1 Å². The third-order valence-electron chi connectivity index (χ3n) is 5.12. The molecule has 2 rings (SSSR count). The molecule has 7 heteroatoms. The lowest BCUT2D eigenvalue weighted by Crippen LogP contribution is -2.18. The van der Waals surface area contributed by atoms with Crippen LogP contribution in [-0.2, 0) is 25.9 Å². The highest BCUT2D eigenvalue weighted by Gasteiger charge is 2.20. The quantitative estimate of drug-likeness (QED) is 0.417. The molecule has 2 aromatic rings. The minimum Gasteiger partial charge on any atom is -0.457 e. The highest BCUT2D eigenvalue weighted by molar-refractivity contribution is 7.91. The summed E-state index contributed by atoms with van der Waals surface area (Å²) in [7, 11) is -3.57. The lowest BCUT2D eigenvalue weighted by atomic mass is 10.1. The highest BCUT2D eigenvalue weighted by atomic mass is 32.2. The van der Waals surface area contributed by atoms with E-state index in [4.69, 9.17) is 4.74 Å². The first kappa shape index (κ1) is 23.9. The van der Waals surface area contributed by atoms with E-state index >= 15 is 0 Å². The van der Waals surface area contributed by atoms with Gasteiger partial charge in [0.2, 0.25) is 5.78 Å². The van der Waals surface area contributed by atoms with Crippen LogP contribution in [0.3, 0.4) is 0 Å². The van der Waals surface area contributed by atoms with Gasteiger partial charge in [-0.3, -0.25) is 9.59 Å². The smallest absolute Gasteiger partial charge is 0.307 e. The molecule has 30 heavy (non-hydrogen) atoms. The molecule has 0 atom stereocenters. The number of nitrogens with zero attached hydrogens (tertiary/aromatic N) is 1. The molecule has 164 valence electrons. The zero-order valence-corrected chi connectivity index (χ0v) is 19.2. The molecule has 1 aromatic carbocycles. The Kier molecular flexibility index (Phi) is 8.01. The maximum Gasteiger partial charge on any atom is 0.307 e. The molecule has 0 unspecified atom stereocenters. The summed E-state index contributed by atoms with van der Waals surface area (Å²) < 4.78 is 31.8. The number of carbonyl (C=O) groups is 2. The van der Waals surface area contributed by atoms with Crippen LogP contribution in [0.5, 0.6) is 0 Å². The molecular formula is C23H31NO5S. The SMILES string of the molecule is Cc1ccc(S(=O)(=O)CCC(=O)OCC(=O)c2cc(C)n(CCC(C)C)c2C)cc1. The Hall–Kier alpha value is -2.41. The minimum absolute atomic E-state index is 0.172. The summed E-state index contributed by atoms with van der Waals surface area (Å²) in [6.45, 7) is 10.4. The van der Waals surface area contributed by atoms with Crippen LogP contribution in [0, 0.1) is 26.7 Å². The van der Waals surface area contributed by atoms with Crippen molar-refractivity contribution >= 4 is 21.6 Å². The van der Waals surface area contributed by atoms with E-state index in [1.54, 1.807) is 12.1 Å². The molecular weight excluding hydrogens is 402 g/mol. The average Bonchev–Trinajstić information content (AvgIpc) is 2.97. The van der Waals surface area contributed by atoms with E-state index in [1.165, 1.54) is 12.1 Å². The van der Waals surface area contributed by atoms with E-state index in [0.29, 0.717) is 11.5 Å². The molecule has 0 N–H and O–H groups in total. The Bertz CT molecular complexity index is 1000. The molecule has 0 spiro atoms. The van der Waals surface area contributed by atoms with E-state index < -0.39 is 22.4 Å². The van der Waals surface area contributed by atoms with Crippen molar-refractivity contribution in [3.8, 4) is 0 Å². The number of ether oxygens (including phenoxy) is 1. The lowest BCUT2D eigenvalue weighted by Gasteiger charge is -2.11. The molecule has 0 radical (unpaired) electrons. The van der Waals surface area contributed by atoms with Crippen LogP contribution < -0.4 is 0 Å². The van der Waals surface area contributed by atoms with Gasteiger partial charge >= 0.3 is 5.97 Å². The number of esters is 1. The average molecular weight is 434 g/mol. The van der Waals surface area contributed by atoms with Crippen LogP contribution in [-0.4, -0.2) is 37.1 Å². The lowest BCUT2D eigenvalue weighted by molar-refractivity contribution is -0.142. The monoisotopic (exact) mass is 433 g/mol. The number of hydrogen-bond donors (Lipinski definition) is 0. The van der Waals surface area contributed by atoms with Crippen molar-refractivity contribution in [1.82, 2.24) is 4.57 Å². The largest absolute Gasteiger partial charge is 0.457 e. The van der Waals surface area contributed by atoms with Crippen LogP contribution in [0.4, 0.5) is 0 Å². The van der Waals surface area contributed by atoms with E-state index in [1.807, 2.05) is 26.8 Å². The van der Waals surface area contributed by atoms with Crippen molar-refractivity contribution in [3.05, 3.63) is 52.8 Å². The molecule has 0 saturated heterocycles. The van der Waals surface area contributed by atoms with Gasteiger partial charge in [-0.2, -0.15) is 0 Å². The molecule has 1 heterocycles. The summed E-state index contributed by atoms with van der Waals surface area (Å²) in [6.07, 6.45) is 0.714. The fraction of sp³-hybridized carbons (Fsp3) is 0.478. The van der Waals surface area contributed by atoms with Crippen LogP contribution in [0.25, 0.3) is 0 Å². The maximum atomic E-state index is 12.5. The van der Waals surface area contributed by atoms with Gasteiger partial charge in [0.15, 0.2) is 16.4 Å². The van der Waals surface area contributed by atoms with Crippen molar-refractivity contribution in [3.63, 3.8) is 0 Å². The molecule has 0 aliphatic heterocycles. The predicted octanol–water partition coefficient (Wildman–Crippen LogP) is 4.05. The Morgan fingerprint density at radius 3 is 2.30 bits per heavy atom. The minimum atomic E-state index is -3.57. The first-order chi connectivity index (χ1) is 14.0. The Morgan fingerprint density at radius 2 is 1.70 bits per heavy atom. The maximum absolute atomic E-state index is 12.5. The summed E-state index contributed by atoms with van der Waals surface area (Å²) in [5.41, 5.74) is 3.34. The topological polar surface area (TPSA) is 82.4 Å².